The van der Waals surface area contributed by atoms with Gasteiger partial charge in [0.15, 0.2) is 5.78 Å². The fraction of sp³-hybridized carbons (Fsp3) is 0.0625. The molecule has 0 atom stereocenters. The second-order valence-electron chi connectivity index (χ2n) is 4.11. The molecule has 1 aromatic heterocycles. The van der Waals surface area contributed by atoms with Crippen molar-refractivity contribution in [1.82, 2.24) is 0 Å². The van der Waals surface area contributed by atoms with Crippen molar-refractivity contribution in [1.29, 1.82) is 0 Å². The summed E-state index contributed by atoms with van der Waals surface area (Å²) in [6.07, 6.45) is 6.85. The van der Waals surface area contributed by atoms with E-state index in [1.54, 1.807) is 30.5 Å². The molecule has 0 radical (unpaired) electrons. The Morgan fingerprint density at radius 1 is 1.21 bits per heavy atom. The van der Waals surface area contributed by atoms with Gasteiger partial charge in [0.1, 0.15) is 5.76 Å². The third-order valence-electron chi connectivity index (χ3n) is 2.52. The van der Waals surface area contributed by atoms with Crippen LogP contribution < -0.4 is 0 Å². The van der Waals surface area contributed by atoms with Crippen molar-refractivity contribution < 1.29 is 9.21 Å². The maximum atomic E-state index is 11.9. The number of benzene rings is 1. The van der Waals surface area contributed by atoms with E-state index in [0.717, 1.165) is 15.8 Å². The lowest BCUT2D eigenvalue weighted by atomic mass is 10.1. The highest BCUT2D eigenvalue weighted by atomic mass is 79.9. The van der Waals surface area contributed by atoms with E-state index in [-0.39, 0.29) is 5.78 Å². The normalized spacial score (nSPS) is 12.0. The minimum absolute atomic E-state index is 0.0199. The van der Waals surface area contributed by atoms with Crippen molar-refractivity contribution in [3.63, 3.8) is 0 Å². The summed E-state index contributed by atoms with van der Waals surface area (Å²) in [5.41, 5.74) is 1.62. The molecule has 0 bridgehead atoms. The van der Waals surface area contributed by atoms with Crippen LogP contribution in [-0.4, -0.2) is 5.78 Å². The van der Waals surface area contributed by atoms with E-state index in [1.807, 2.05) is 37.3 Å². The standard InChI is InChI=1S/C16H13BrO2/c1-12(10-15-6-3-9-19-15)7-8-16(18)13-4-2-5-14(17)11-13/h2-11H,1H3/b8-7+,12-10+. The van der Waals surface area contributed by atoms with E-state index in [4.69, 9.17) is 4.42 Å². The van der Waals surface area contributed by atoms with Crippen LogP contribution in [0.2, 0.25) is 0 Å². The molecule has 0 aliphatic rings. The van der Waals surface area contributed by atoms with Gasteiger partial charge in [0.05, 0.1) is 6.26 Å². The Balaban J connectivity index is 2.08. The van der Waals surface area contributed by atoms with Gasteiger partial charge < -0.3 is 4.42 Å². The first-order valence-electron chi connectivity index (χ1n) is 5.85. The molecule has 2 nitrogen and oxygen atoms in total. The number of carbonyl (C=O) groups excluding carboxylic acids is 1. The monoisotopic (exact) mass is 316 g/mol. The molecular formula is C16H13BrO2. The van der Waals surface area contributed by atoms with Crippen LogP contribution in [-0.2, 0) is 0 Å². The van der Waals surface area contributed by atoms with E-state index >= 15 is 0 Å². The second-order valence-corrected chi connectivity index (χ2v) is 5.03. The molecule has 3 heteroatoms. The van der Waals surface area contributed by atoms with E-state index in [2.05, 4.69) is 15.9 Å². The lowest BCUT2D eigenvalue weighted by Gasteiger charge is -1.96. The third-order valence-corrected chi connectivity index (χ3v) is 3.01. The molecule has 1 aromatic carbocycles. The zero-order valence-electron chi connectivity index (χ0n) is 10.5. The maximum absolute atomic E-state index is 11.9. The van der Waals surface area contributed by atoms with Crippen molar-refractivity contribution in [2.45, 2.75) is 6.92 Å². The molecule has 0 spiro atoms. The Morgan fingerprint density at radius 2 is 2.05 bits per heavy atom. The lowest BCUT2D eigenvalue weighted by Crippen LogP contribution is -1.93. The lowest BCUT2D eigenvalue weighted by molar-refractivity contribution is 0.104. The minimum atomic E-state index is -0.0199. The maximum Gasteiger partial charge on any atom is 0.185 e. The van der Waals surface area contributed by atoms with Crippen molar-refractivity contribution in [2.24, 2.45) is 0 Å². The molecule has 2 rings (SSSR count). The van der Waals surface area contributed by atoms with Crippen LogP contribution in [0.3, 0.4) is 0 Å². The smallest absolute Gasteiger partial charge is 0.185 e. The van der Waals surface area contributed by atoms with Crippen LogP contribution in [0.1, 0.15) is 23.0 Å². The Bertz CT molecular complexity index is 622. The summed E-state index contributed by atoms with van der Waals surface area (Å²) in [6, 6.07) is 11.0. The molecule has 1 heterocycles. The van der Waals surface area contributed by atoms with Crippen LogP contribution in [0.25, 0.3) is 6.08 Å². The van der Waals surface area contributed by atoms with Crippen LogP contribution in [0.15, 0.2) is 69.3 Å². The van der Waals surface area contributed by atoms with Gasteiger partial charge in [0, 0.05) is 10.0 Å². The molecular weight excluding hydrogens is 304 g/mol. The van der Waals surface area contributed by atoms with E-state index < -0.39 is 0 Å². The number of furan rings is 1. The minimum Gasteiger partial charge on any atom is -0.465 e. The third kappa shape index (κ3) is 4.07. The highest BCUT2D eigenvalue weighted by molar-refractivity contribution is 9.10. The molecule has 0 aliphatic heterocycles. The van der Waals surface area contributed by atoms with E-state index in [0.29, 0.717) is 5.56 Å². The fourth-order valence-electron chi connectivity index (χ4n) is 1.59. The molecule has 0 N–H and O–H groups in total. The SMILES string of the molecule is CC(/C=C/C(=O)c1cccc(Br)c1)=C\c1ccco1. The Morgan fingerprint density at radius 3 is 2.74 bits per heavy atom. The van der Waals surface area contributed by atoms with E-state index in [9.17, 15) is 4.79 Å². The first kappa shape index (κ1) is 13.6. The predicted molar refractivity (Wildman–Crippen MR) is 80.0 cm³/mol. The zero-order chi connectivity index (χ0) is 13.7. The van der Waals surface area contributed by atoms with Gasteiger partial charge in [-0.05, 0) is 48.9 Å². The van der Waals surface area contributed by atoms with Gasteiger partial charge >= 0.3 is 0 Å². The number of halogens is 1. The first-order chi connectivity index (χ1) is 9.15. The molecule has 0 saturated heterocycles. The van der Waals surface area contributed by atoms with Crippen molar-refractivity contribution in [3.8, 4) is 0 Å². The number of hydrogen-bond acceptors (Lipinski definition) is 2. The average molecular weight is 317 g/mol. The summed E-state index contributed by atoms with van der Waals surface area (Å²) in [4.78, 5) is 11.9. The molecule has 0 saturated carbocycles. The predicted octanol–water partition coefficient (Wildman–Crippen LogP) is 4.88. The van der Waals surface area contributed by atoms with Crippen LogP contribution in [0, 0.1) is 0 Å². The first-order valence-corrected chi connectivity index (χ1v) is 6.64. The van der Waals surface area contributed by atoms with Gasteiger partial charge in [-0.1, -0.05) is 34.1 Å². The molecule has 96 valence electrons. The summed E-state index contributed by atoms with van der Waals surface area (Å²) in [5.74, 6) is 0.755. The van der Waals surface area contributed by atoms with Gasteiger partial charge in [-0.25, -0.2) is 0 Å². The van der Waals surface area contributed by atoms with Gasteiger partial charge in [-0.2, -0.15) is 0 Å². The zero-order valence-corrected chi connectivity index (χ0v) is 12.1. The molecule has 0 amide bonds. The highest BCUT2D eigenvalue weighted by Gasteiger charge is 2.01. The van der Waals surface area contributed by atoms with Crippen molar-refractivity contribution in [3.05, 3.63) is 76.2 Å². The summed E-state index contributed by atoms with van der Waals surface area (Å²) in [5, 5.41) is 0. The van der Waals surface area contributed by atoms with Crippen LogP contribution >= 0.6 is 15.9 Å². The van der Waals surface area contributed by atoms with E-state index in [1.165, 1.54) is 0 Å². The molecule has 0 fully saturated rings. The van der Waals surface area contributed by atoms with Gasteiger partial charge in [-0.15, -0.1) is 0 Å². The van der Waals surface area contributed by atoms with Crippen LogP contribution in [0.5, 0.6) is 0 Å². The van der Waals surface area contributed by atoms with Gasteiger partial charge in [0.25, 0.3) is 0 Å². The Labute approximate surface area is 120 Å². The van der Waals surface area contributed by atoms with Gasteiger partial charge in [-0.3, -0.25) is 4.79 Å². The number of hydrogen-bond donors (Lipinski definition) is 0. The second kappa shape index (κ2) is 6.34. The quantitative estimate of drug-likeness (QED) is 0.457. The number of rotatable bonds is 4. The Hall–Kier alpha value is -1.87. The largest absolute Gasteiger partial charge is 0.465 e. The number of allylic oxidation sites excluding steroid dienone is 3. The Kier molecular flexibility index (Phi) is 4.53. The summed E-state index contributed by atoms with van der Waals surface area (Å²) < 4.78 is 6.11. The van der Waals surface area contributed by atoms with Gasteiger partial charge in [0.2, 0.25) is 0 Å². The molecule has 19 heavy (non-hydrogen) atoms. The number of ketones is 1. The van der Waals surface area contributed by atoms with Crippen molar-refractivity contribution >= 4 is 27.8 Å². The van der Waals surface area contributed by atoms with Crippen LogP contribution in [0.4, 0.5) is 0 Å². The summed E-state index contributed by atoms with van der Waals surface area (Å²) in [7, 11) is 0. The molecule has 2 aromatic rings. The summed E-state index contributed by atoms with van der Waals surface area (Å²) >= 11 is 3.35. The van der Waals surface area contributed by atoms with Crippen molar-refractivity contribution in [2.75, 3.05) is 0 Å². The average Bonchev–Trinajstić information content (AvgIpc) is 2.88. The fourth-order valence-corrected chi connectivity index (χ4v) is 1.99. The molecule has 0 aliphatic carbocycles. The highest BCUT2D eigenvalue weighted by Crippen LogP contribution is 2.13. The molecule has 0 unspecified atom stereocenters. The summed E-state index contributed by atoms with van der Waals surface area (Å²) in [6.45, 7) is 1.92. The topological polar surface area (TPSA) is 30.2 Å². The number of carbonyl (C=O) groups is 1.